The number of furan rings is 1. The van der Waals surface area contributed by atoms with Crippen LogP contribution in [0.15, 0.2) is 85.1 Å². The minimum Gasteiger partial charge on any atom is -0.497 e. The van der Waals surface area contributed by atoms with Gasteiger partial charge < -0.3 is 23.6 Å². The number of ether oxygens (including phenoxy) is 2. The third kappa shape index (κ3) is 5.90. The van der Waals surface area contributed by atoms with E-state index in [1.165, 1.54) is 17.8 Å². The Morgan fingerprint density at radius 3 is 2.40 bits per heavy atom. The Hall–Kier alpha value is -3.63. The summed E-state index contributed by atoms with van der Waals surface area (Å²) in [5.41, 5.74) is 0.747. The molecule has 0 aliphatic carbocycles. The molecule has 2 aromatic carbocycles. The van der Waals surface area contributed by atoms with E-state index in [1.807, 2.05) is 60.0 Å². The number of carboxylic acids is 1. The highest BCUT2D eigenvalue weighted by molar-refractivity contribution is 8.04. The molecular weight excluding hydrogens is 486 g/mol. The molecule has 180 valence electrons. The second-order valence-electron chi connectivity index (χ2n) is 7.14. The number of aliphatic carboxylic acids is 1. The second kappa shape index (κ2) is 11.2. The topological polar surface area (TPSA) is 99.6 Å². The molecule has 2 aromatic heterocycles. The molecule has 4 aromatic rings. The Morgan fingerprint density at radius 2 is 1.77 bits per heavy atom. The van der Waals surface area contributed by atoms with E-state index < -0.39 is 5.97 Å². The third-order valence-electron chi connectivity index (χ3n) is 4.89. The highest BCUT2D eigenvalue weighted by Crippen LogP contribution is 2.34. The first kappa shape index (κ1) is 24.5. The van der Waals surface area contributed by atoms with Gasteiger partial charge in [-0.05, 0) is 55.1 Å². The maximum absolute atomic E-state index is 12.0. The smallest absolute Gasteiger partial charge is 0.342 e. The summed E-state index contributed by atoms with van der Waals surface area (Å²) in [5.74, 6) is 1.17. The lowest BCUT2D eigenvalue weighted by molar-refractivity contribution is -0.131. The molecule has 1 N–H and O–H groups in total. The van der Waals surface area contributed by atoms with Crippen LogP contribution in [-0.4, -0.2) is 40.1 Å². The standard InChI is InChI=1S/C25H23N3O5S2/c1-4-28-23(16-12-18(31-2)14-19(13-16)32-3)26-27-25(28)35-21(24(29)30)15-17-10-11-22(33-17)34-20-8-6-5-7-9-20/h5-15H,4H2,1-3H3,(H,29,30)/b21-15-. The predicted octanol–water partition coefficient (Wildman–Crippen LogP) is 5.94. The summed E-state index contributed by atoms with van der Waals surface area (Å²) < 4.78 is 18.4. The van der Waals surface area contributed by atoms with Gasteiger partial charge in [-0.1, -0.05) is 30.0 Å². The van der Waals surface area contributed by atoms with E-state index in [1.54, 1.807) is 26.4 Å². The number of nitrogens with zero attached hydrogens (tertiary/aromatic N) is 3. The van der Waals surface area contributed by atoms with Crippen LogP contribution in [-0.2, 0) is 11.3 Å². The molecule has 0 spiro atoms. The van der Waals surface area contributed by atoms with Crippen LogP contribution in [0.3, 0.4) is 0 Å². The quantitative estimate of drug-likeness (QED) is 0.205. The molecule has 0 unspecified atom stereocenters. The Labute approximate surface area is 211 Å². The van der Waals surface area contributed by atoms with Crippen molar-refractivity contribution in [1.29, 1.82) is 0 Å². The van der Waals surface area contributed by atoms with Gasteiger partial charge in [-0.3, -0.25) is 0 Å². The average Bonchev–Trinajstić information content (AvgIpc) is 3.50. The first-order chi connectivity index (χ1) is 17.0. The predicted molar refractivity (Wildman–Crippen MR) is 135 cm³/mol. The van der Waals surface area contributed by atoms with E-state index in [-0.39, 0.29) is 4.91 Å². The van der Waals surface area contributed by atoms with E-state index in [2.05, 4.69) is 10.2 Å². The van der Waals surface area contributed by atoms with Gasteiger partial charge in [-0.15, -0.1) is 10.2 Å². The monoisotopic (exact) mass is 509 g/mol. The number of hydrogen-bond acceptors (Lipinski definition) is 8. The fourth-order valence-electron chi connectivity index (χ4n) is 3.23. The number of thioether (sulfide) groups is 1. The van der Waals surface area contributed by atoms with Gasteiger partial charge in [0.1, 0.15) is 22.2 Å². The fourth-order valence-corrected chi connectivity index (χ4v) is 4.90. The molecule has 0 bridgehead atoms. The van der Waals surface area contributed by atoms with Crippen molar-refractivity contribution >= 4 is 35.6 Å². The number of benzene rings is 2. The van der Waals surface area contributed by atoms with Gasteiger partial charge in [0.15, 0.2) is 16.1 Å². The van der Waals surface area contributed by atoms with Gasteiger partial charge in [0, 0.05) is 29.1 Å². The average molecular weight is 510 g/mol. The van der Waals surface area contributed by atoms with E-state index >= 15 is 0 Å². The summed E-state index contributed by atoms with van der Waals surface area (Å²) in [6.07, 6.45) is 1.49. The molecule has 10 heteroatoms. The summed E-state index contributed by atoms with van der Waals surface area (Å²) in [7, 11) is 3.15. The number of aromatic nitrogens is 3. The van der Waals surface area contributed by atoms with Crippen molar-refractivity contribution < 1.29 is 23.8 Å². The zero-order chi connectivity index (χ0) is 24.8. The van der Waals surface area contributed by atoms with Gasteiger partial charge >= 0.3 is 5.97 Å². The summed E-state index contributed by atoms with van der Waals surface area (Å²) in [5, 5.41) is 19.5. The highest BCUT2D eigenvalue weighted by Gasteiger charge is 2.20. The molecule has 2 heterocycles. The van der Waals surface area contributed by atoms with Crippen molar-refractivity contribution in [2.75, 3.05) is 14.2 Å². The van der Waals surface area contributed by atoms with Gasteiger partial charge in [-0.2, -0.15) is 0 Å². The largest absolute Gasteiger partial charge is 0.497 e. The summed E-state index contributed by atoms with van der Waals surface area (Å²) in [6, 6.07) is 18.8. The molecule has 0 aliphatic heterocycles. The van der Waals surface area contributed by atoms with E-state index in [0.717, 1.165) is 22.2 Å². The molecule has 0 atom stereocenters. The van der Waals surface area contributed by atoms with E-state index in [9.17, 15) is 9.90 Å². The highest BCUT2D eigenvalue weighted by atomic mass is 32.2. The van der Waals surface area contributed by atoms with E-state index in [0.29, 0.717) is 39.9 Å². The van der Waals surface area contributed by atoms with Crippen molar-refractivity contribution in [3.63, 3.8) is 0 Å². The van der Waals surface area contributed by atoms with Crippen LogP contribution in [0.2, 0.25) is 0 Å². The van der Waals surface area contributed by atoms with E-state index in [4.69, 9.17) is 13.9 Å². The van der Waals surface area contributed by atoms with Crippen LogP contribution < -0.4 is 9.47 Å². The number of hydrogen-bond donors (Lipinski definition) is 1. The Kier molecular flexibility index (Phi) is 7.84. The lowest BCUT2D eigenvalue weighted by Gasteiger charge is -2.10. The molecule has 0 aliphatic rings. The number of methoxy groups -OCH3 is 2. The third-order valence-corrected chi connectivity index (χ3v) is 6.82. The molecule has 0 radical (unpaired) electrons. The number of carbonyl (C=O) groups is 1. The molecule has 0 saturated heterocycles. The van der Waals surface area contributed by atoms with Crippen molar-refractivity contribution in [2.45, 2.75) is 28.6 Å². The minimum atomic E-state index is -1.08. The maximum Gasteiger partial charge on any atom is 0.342 e. The molecule has 35 heavy (non-hydrogen) atoms. The van der Waals surface area contributed by atoms with Crippen molar-refractivity contribution in [3.05, 3.63) is 71.3 Å². The van der Waals surface area contributed by atoms with Gasteiger partial charge in [0.2, 0.25) is 0 Å². The first-order valence-electron chi connectivity index (χ1n) is 10.6. The zero-order valence-electron chi connectivity index (χ0n) is 19.3. The number of rotatable bonds is 10. The lowest BCUT2D eigenvalue weighted by atomic mass is 10.2. The van der Waals surface area contributed by atoms with Gasteiger partial charge in [0.25, 0.3) is 0 Å². The van der Waals surface area contributed by atoms with Crippen molar-refractivity contribution in [3.8, 4) is 22.9 Å². The Bertz CT molecular complexity index is 1330. The summed E-state index contributed by atoms with van der Waals surface area (Å²) >= 11 is 2.48. The van der Waals surface area contributed by atoms with Crippen LogP contribution in [0.25, 0.3) is 17.5 Å². The number of carboxylic acid groups (broad SMARTS) is 1. The molecule has 0 saturated carbocycles. The summed E-state index contributed by atoms with van der Waals surface area (Å²) in [6.45, 7) is 2.48. The van der Waals surface area contributed by atoms with Gasteiger partial charge in [0.05, 0.1) is 14.2 Å². The van der Waals surface area contributed by atoms with Crippen molar-refractivity contribution in [1.82, 2.24) is 14.8 Å². The molecule has 4 rings (SSSR count). The molecule has 0 fully saturated rings. The maximum atomic E-state index is 12.0. The Balaban J connectivity index is 1.60. The first-order valence-corrected chi connectivity index (χ1v) is 12.3. The molecule has 8 nitrogen and oxygen atoms in total. The zero-order valence-corrected chi connectivity index (χ0v) is 20.9. The SMILES string of the molecule is CCn1c(S/C(=C\c2ccc(Sc3ccccc3)o2)C(=O)O)nnc1-c1cc(OC)cc(OC)c1. The normalized spacial score (nSPS) is 11.5. The fraction of sp³-hybridized carbons (Fsp3) is 0.160. The van der Waals surface area contributed by atoms with Crippen LogP contribution in [0, 0.1) is 0 Å². The molecule has 0 amide bonds. The lowest BCUT2D eigenvalue weighted by Crippen LogP contribution is -2.03. The molecular formula is C25H23N3O5S2. The van der Waals surface area contributed by atoms with Gasteiger partial charge in [-0.25, -0.2) is 4.79 Å². The van der Waals surface area contributed by atoms with Crippen LogP contribution >= 0.6 is 23.5 Å². The van der Waals surface area contributed by atoms with Crippen LogP contribution in [0.4, 0.5) is 0 Å². The van der Waals surface area contributed by atoms with Crippen LogP contribution in [0.1, 0.15) is 12.7 Å². The Morgan fingerprint density at radius 1 is 1.06 bits per heavy atom. The summed E-state index contributed by atoms with van der Waals surface area (Å²) in [4.78, 5) is 13.1. The second-order valence-corrected chi connectivity index (χ2v) is 9.23. The minimum absolute atomic E-state index is 0.0625. The van der Waals surface area contributed by atoms with Crippen LogP contribution in [0.5, 0.6) is 11.5 Å². The van der Waals surface area contributed by atoms with Crippen molar-refractivity contribution in [2.24, 2.45) is 0 Å².